The number of hydrogen-bond acceptors (Lipinski definition) is 4. The van der Waals surface area contributed by atoms with Crippen molar-refractivity contribution in [2.45, 2.75) is 51.5 Å². The molecule has 0 saturated heterocycles. The van der Waals surface area contributed by atoms with Crippen LogP contribution in [-0.4, -0.2) is 22.0 Å². The van der Waals surface area contributed by atoms with E-state index in [1.165, 1.54) is 0 Å². The van der Waals surface area contributed by atoms with Crippen molar-refractivity contribution in [2.24, 2.45) is 11.8 Å². The van der Waals surface area contributed by atoms with E-state index in [1.807, 2.05) is 19.2 Å². The van der Waals surface area contributed by atoms with E-state index in [-0.39, 0.29) is 17.7 Å². The molecule has 0 spiro atoms. The number of carbonyl (C=O) groups excluding carboxylic acids is 1. The van der Waals surface area contributed by atoms with Crippen molar-refractivity contribution in [2.75, 3.05) is 0 Å². The van der Waals surface area contributed by atoms with Gasteiger partial charge in [-0.15, -0.1) is 11.3 Å². The van der Waals surface area contributed by atoms with Crippen LogP contribution in [0.5, 0.6) is 0 Å². The zero-order chi connectivity index (χ0) is 15.5. The fourth-order valence-corrected chi connectivity index (χ4v) is 3.59. The molecule has 1 heterocycles. The summed E-state index contributed by atoms with van der Waals surface area (Å²) in [5.41, 5.74) is -0.436. The summed E-state index contributed by atoms with van der Waals surface area (Å²) < 4.78 is 0. The Balaban J connectivity index is 1.97. The molecule has 1 unspecified atom stereocenters. The van der Waals surface area contributed by atoms with Gasteiger partial charge >= 0.3 is 5.97 Å². The van der Waals surface area contributed by atoms with E-state index < -0.39 is 11.5 Å². The molecule has 1 saturated carbocycles. The second kappa shape index (κ2) is 6.56. The van der Waals surface area contributed by atoms with Gasteiger partial charge in [0.2, 0.25) is 5.91 Å². The third-order valence-corrected chi connectivity index (χ3v) is 5.49. The molecule has 0 aliphatic heterocycles. The lowest BCUT2D eigenvalue weighted by molar-refractivity contribution is -0.144. The lowest BCUT2D eigenvalue weighted by atomic mass is 9.81. The first-order chi connectivity index (χ1) is 9.96. The highest BCUT2D eigenvalue weighted by Crippen LogP contribution is 2.31. The Morgan fingerprint density at radius 2 is 2.00 bits per heavy atom. The van der Waals surface area contributed by atoms with E-state index in [1.54, 1.807) is 17.5 Å². The first kappa shape index (κ1) is 15.9. The smallest absolute Gasteiger partial charge is 0.306 e. The molecule has 116 valence electrons. The highest BCUT2D eigenvalue weighted by molar-refractivity contribution is 7.09. The topological polar surface area (TPSA) is 79.3 Å². The van der Waals surface area contributed by atoms with Crippen LogP contribution in [0.1, 0.15) is 51.0 Å². The molecule has 2 N–H and O–H groups in total. The van der Waals surface area contributed by atoms with Crippen LogP contribution in [0.15, 0.2) is 11.6 Å². The van der Waals surface area contributed by atoms with Gasteiger partial charge in [0.05, 0.1) is 11.5 Å². The summed E-state index contributed by atoms with van der Waals surface area (Å²) in [6.45, 7) is 4.02. The Morgan fingerprint density at radius 3 is 2.48 bits per heavy atom. The minimum absolute atomic E-state index is 0.0263. The molecule has 1 aliphatic carbocycles. The van der Waals surface area contributed by atoms with Crippen LogP contribution in [0.25, 0.3) is 0 Å². The SMILES string of the molecule is CCC(C)(NC(=O)C1CCC(C(=O)O)CC1)c1nccs1. The number of rotatable bonds is 5. The minimum Gasteiger partial charge on any atom is -0.481 e. The number of nitrogens with one attached hydrogen (secondary N) is 1. The van der Waals surface area contributed by atoms with Gasteiger partial charge in [0, 0.05) is 17.5 Å². The van der Waals surface area contributed by atoms with Crippen LogP contribution < -0.4 is 5.32 Å². The van der Waals surface area contributed by atoms with Crippen molar-refractivity contribution in [3.05, 3.63) is 16.6 Å². The number of carboxylic acid groups (broad SMARTS) is 1. The monoisotopic (exact) mass is 310 g/mol. The normalized spacial score (nSPS) is 25.0. The first-order valence-electron chi connectivity index (χ1n) is 7.41. The quantitative estimate of drug-likeness (QED) is 0.876. The van der Waals surface area contributed by atoms with Crippen molar-refractivity contribution < 1.29 is 14.7 Å². The Kier molecular flexibility index (Phi) is 4.98. The molecule has 1 aromatic rings. The number of aromatic nitrogens is 1. The van der Waals surface area contributed by atoms with Gasteiger partial charge in [-0.25, -0.2) is 4.98 Å². The average molecular weight is 310 g/mol. The van der Waals surface area contributed by atoms with Gasteiger partial charge in [-0.2, -0.15) is 0 Å². The first-order valence-corrected chi connectivity index (χ1v) is 8.29. The van der Waals surface area contributed by atoms with Crippen LogP contribution in [0, 0.1) is 11.8 Å². The van der Waals surface area contributed by atoms with Crippen molar-refractivity contribution >= 4 is 23.2 Å². The van der Waals surface area contributed by atoms with Gasteiger partial charge in [0.25, 0.3) is 0 Å². The molecule has 0 bridgehead atoms. The predicted octanol–water partition coefficient (Wildman–Crippen LogP) is 2.78. The zero-order valence-corrected chi connectivity index (χ0v) is 13.3. The average Bonchev–Trinajstić information content (AvgIpc) is 3.02. The summed E-state index contributed by atoms with van der Waals surface area (Å²) in [6.07, 6.45) is 5.01. The van der Waals surface area contributed by atoms with Gasteiger partial charge < -0.3 is 10.4 Å². The second-order valence-corrected chi connectivity index (χ2v) is 6.79. The van der Waals surface area contributed by atoms with Gasteiger partial charge in [0.1, 0.15) is 5.01 Å². The van der Waals surface area contributed by atoms with Crippen molar-refractivity contribution in [1.82, 2.24) is 10.3 Å². The number of amides is 1. The standard InChI is InChI=1S/C15H22N2O3S/c1-3-15(2,14-16-8-9-21-14)17-12(18)10-4-6-11(7-5-10)13(19)20/h8-11H,3-7H2,1-2H3,(H,17,18)(H,19,20). The summed E-state index contributed by atoms with van der Waals surface area (Å²) >= 11 is 1.54. The highest BCUT2D eigenvalue weighted by Gasteiger charge is 2.34. The third-order valence-electron chi connectivity index (χ3n) is 4.46. The minimum atomic E-state index is -0.741. The van der Waals surface area contributed by atoms with Crippen LogP contribution in [0.2, 0.25) is 0 Å². The maximum atomic E-state index is 12.5. The summed E-state index contributed by atoms with van der Waals surface area (Å²) in [5.74, 6) is -1.08. The lowest BCUT2D eigenvalue weighted by Crippen LogP contribution is -2.46. The van der Waals surface area contributed by atoms with Gasteiger partial charge in [0.15, 0.2) is 0 Å². The number of carbonyl (C=O) groups is 2. The molecular formula is C15H22N2O3S. The van der Waals surface area contributed by atoms with E-state index in [2.05, 4.69) is 10.3 Å². The molecule has 0 radical (unpaired) electrons. The Hall–Kier alpha value is -1.43. The fourth-order valence-electron chi connectivity index (χ4n) is 2.77. The molecular weight excluding hydrogens is 288 g/mol. The van der Waals surface area contributed by atoms with Crippen LogP contribution >= 0.6 is 11.3 Å². The Bertz CT molecular complexity index is 495. The van der Waals surface area contributed by atoms with Gasteiger partial charge in [-0.05, 0) is 39.0 Å². The fraction of sp³-hybridized carbons (Fsp3) is 0.667. The molecule has 1 fully saturated rings. The van der Waals surface area contributed by atoms with E-state index >= 15 is 0 Å². The number of hydrogen-bond donors (Lipinski definition) is 2. The Morgan fingerprint density at radius 1 is 1.38 bits per heavy atom. The van der Waals surface area contributed by atoms with Crippen LogP contribution in [0.4, 0.5) is 0 Å². The second-order valence-electron chi connectivity index (χ2n) is 5.90. The molecule has 0 aromatic carbocycles. The van der Waals surface area contributed by atoms with Crippen LogP contribution in [-0.2, 0) is 15.1 Å². The van der Waals surface area contributed by atoms with Crippen molar-refractivity contribution in [3.8, 4) is 0 Å². The maximum absolute atomic E-state index is 12.5. The molecule has 1 amide bonds. The van der Waals surface area contributed by atoms with Gasteiger partial charge in [-0.3, -0.25) is 9.59 Å². The molecule has 1 aromatic heterocycles. The van der Waals surface area contributed by atoms with Crippen LogP contribution in [0.3, 0.4) is 0 Å². The largest absolute Gasteiger partial charge is 0.481 e. The third kappa shape index (κ3) is 3.61. The lowest BCUT2D eigenvalue weighted by Gasteiger charge is -2.32. The summed E-state index contributed by atoms with van der Waals surface area (Å²) in [7, 11) is 0. The molecule has 5 nitrogen and oxygen atoms in total. The van der Waals surface area contributed by atoms with E-state index in [9.17, 15) is 9.59 Å². The molecule has 1 aliphatic rings. The summed E-state index contributed by atoms with van der Waals surface area (Å²) in [4.78, 5) is 27.7. The van der Waals surface area contributed by atoms with E-state index in [0.717, 1.165) is 11.4 Å². The predicted molar refractivity (Wildman–Crippen MR) is 81.0 cm³/mol. The zero-order valence-electron chi connectivity index (χ0n) is 12.5. The number of nitrogens with zero attached hydrogens (tertiary/aromatic N) is 1. The van der Waals surface area contributed by atoms with Gasteiger partial charge in [-0.1, -0.05) is 6.92 Å². The van der Waals surface area contributed by atoms with Crippen molar-refractivity contribution in [1.29, 1.82) is 0 Å². The Labute approximate surface area is 128 Å². The van der Waals surface area contributed by atoms with E-state index in [0.29, 0.717) is 25.7 Å². The number of aliphatic carboxylic acids is 1. The summed E-state index contributed by atoms with van der Waals surface area (Å²) in [6, 6.07) is 0. The molecule has 2 rings (SSSR count). The maximum Gasteiger partial charge on any atom is 0.306 e. The highest BCUT2D eigenvalue weighted by atomic mass is 32.1. The summed E-state index contributed by atoms with van der Waals surface area (Å²) in [5, 5.41) is 15.0. The number of carboxylic acids is 1. The molecule has 6 heteroatoms. The van der Waals surface area contributed by atoms with E-state index in [4.69, 9.17) is 5.11 Å². The number of thiazole rings is 1. The molecule has 1 atom stereocenters. The molecule has 21 heavy (non-hydrogen) atoms. The van der Waals surface area contributed by atoms with Crippen molar-refractivity contribution in [3.63, 3.8) is 0 Å².